The van der Waals surface area contributed by atoms with Gasteiger partial charge in [0.2, 0.25) is 0 Å². The quantitative estimate of drug-likeness (QED) is 0.178. The highest BCUT2D eigenvalue weighted by atomic mass is 14.6. The fourth-order valence-corrected chi connectivity index (χ4v) is 6.41. The second-order valence-corrected chi connectivity index (χ2v) is 11.5. The van der Waals surface area contributed by atoms with Crippen LogP contribution in [0.25, 0.3) is 38.6 Å². The number of aromatic nitrogens is 1. The van der Waals surface area contributed by atoms with Crippen LogP contribution in [0.3, 0.4) is 0 Å². The molecule has 5 aromatic rings. The summed E-state index contributed by atoms with van der Waals surface area (Å²) >= 11 is 0. The molecule has 0 fully saturated rings. The molecule has 0 radical (unpaired) electrons. The van der Waals surface area contributed by atoms with Gasteiger partial charge in [0.15, 0.2) is 0 Å². The molecule has 1 aliphatic carbocycles. The number of allylic oxidation sites excluding steroid dienone is 8. The van der Waals surface area contributed by atoms with Crippen LogP contribution in [0.5, 0.6) is 0 Å². The fourth-order valence-electron chi connectivity index (χ4n) is 6.41. The van der Waals surface area contributed by atoms with Gasteiger partial charge in [0.05, 0.1) is 0 Å². The van der Waals surface area contributed by atoms with Crippen molar-refractivity contribution in [3.63, 3.8) is 0 Å². The molecule has 1 nitrogen and oxygen atoms in total. The summed E-state index contributed by atoms with van der Waals surface area (Å²) in [6.45, 7) is 6.64. The van der Waals surface area contributed by atoms with Gasteiger partial charge in [-0.3, -0.25) is 4.98 Å². The molecule has 1 aliphatic rings. The first-order chi connectivity index (χ1) is 21.7. The van der Waals surface area contributed by atoms with Gasteiger partial charge in [-0.1, -0.05) is 140 Å². The maximum atomic E-state index is 4.32. The summed E-state index contributed by atoms with van der Waals surface area (Å²) in [5.41, 5.74) is 10.2. The van der Waals surface area contributed by atoms with Gasteiger partial charge in [0.25, 0.3) is 0 Å². The van der Waals surface area contributed by atoms with E-state index in [1.54, 1.807) is 0 Å². The maximum absolute atomic E-state index is 4.32. The standard InChI is InChI=1S/C43H39N/c1-4-5-7-15-31(2)43(35-27-25-33(26-28-35)36-18-14-29-44-30-36)42-20-11-10-19-38(42)32(3)37-21-12-24-41-39(22-13-23-40(37)41)34-16-8-6-9-17-34/h4-8,10-16,18-31H,9,17H2,1-3H3/b5-4-,15-7-,38-32+,43-42+. The van der Waals surface area contributed by atoms with E-state index in [1.807, 2.05) is 18.5 Å². The lowest BCUT2D eigenvalue weighted by molar-refractivity contribution is 0.955. The average molecular weight is 570 g/mol. The Balaban J connectivity index is 1.59. The molecule has 0 bridgehead atoms. The highest BCUT2D eigenvalue weighted by Crippen LogP contribution is 2.33. The summed E-state index contributed by atoms with van der Waals surface area (Å²) in [7, 11) is 0. The van der Waals surface area contributed by atoms with Crippen LogP contribution in [0.4, 0.5) is 0 Å². The summed E-state index contributed by atoms with van der Waals surface area (Å²) in [6, 6.07) is 35.5. The van der Waals surface area contributed by atoms with Gasteiger partial charge >= 0.3 is 0 Å². The van der Waals surface area contributed by atoms with Crippen LogP contribution in [-0.2, 0) is 0 Å². The molecule has 0 N–H and O–H groups in total. The van der Waals surface area contributed by atoms with E-state index in [9.17, 15) is 0 Å². The summed E-state index contributed by atoms with van der Waals surface area (Å²) in [6.07, 6.45) is 21.3. The Labute approximate surface area is 261 Å². The van der Waals surface area contributed by atoms with Gasteiger partial charge in [-0.2, -0.15) is 0 Å². The van der Waals surface area contributed by atoms with Crippen LogP contribution in [0.1, 0.15) is 50.3 Å². The third-order valence-electron chi connectivity index (χ3n) is 8.66. The minimum absolute atomic E-state index is 0.204. The molecule has 44 heavy (non-hydrogen) atoms. The highest BCUT2D eigenvalue weighted by Gasteiger charge is 2.14. The number of hydrogen-bond acceptors (Lipinski definition) is 1. The van der Waals surface area contributed by atoms with E-state index in [1.165, 1.54) is 60.2 Å². The molecule has 0 saturated carbocycles. The molecule has 0 amide bonds. The Bertz CT molecular complexity index is 2020. The smallest absolute Gasteiger partial charge is 0.0346 e. The molecule has 0 saturated heterocycles. The van der Waals surface area contributed by atoms with Crippen molar-refractivity contribution < 1.29 is 0 Å². The number of nitrogens with zero attached hydrogens (tertiary/aromatic N) is 1. The van der Waals surface area contributed by atoms with Crippen LogP contribution in [0.2, 0.25) is 0 Å². The molecule has 1 heterocycles. The maximum Gasteiger partial charge on any atom is 0.0346 e. The number of benzene rings is 4. The molecule has 1 atom stereocenters. The predicted molar refractivity (Wildman–Crippen MR) is 189 cm³/mol. The molecular formula is C43H39N. The molecule has 216 valence electrons. The van der Waals surface area contributed by atoms with E-state index in [2.05, 4.69) is 159 Å². The Morgan fingerprint density at radius 1 is 0.773 bits per heavy atom. The molecular weight excluding hydrogens is 530 g/mol. The van der Waals surface area contributed by atoms with Crippen molar-refractivity contribution in [3.05, 3.63) is 179 Å². The molecule has 6 rings (SSSR count). The largest absolute Gasteiger partial charge is 0.264 e. The van der Waals surface area contributed by atoms with Crippen molar-refractivity contribution in [2.45, 2.75) is 33.6 Å². The first-order valence-corrected chi connectivity index (χ1v) is 15.6. The topological polar surface area (TPSA) is 12.9 Å². The summed E-state index contributed by atoms with van der Waals surface area (Å²) in [4.78, 5) is 4.32. The Morgan fingerprint density at radius 3 is 2.32 bits per heavy atom. The first kappa shape index (κ1) is 29.1. The number of fused-ring (bicyclic) bond motifs is 1. The van der Waals surface area contributed by atoms with Crippen molar-refractivity contribution in [1.82, 2.24) is 4.98 Å². The van der Waals surface area contributed by atoms with Crippen LogP contribution < -0.4 is 10.4 Å². The van der Waals surface area contributed by atoms with Crippen LogP contribution in [0.15, 0.2) is 152 Å². The van der Waals surface area contributed by atoms with Crippen molar-refractivity contribution in [2.75, 3.05) is 0 Å². The minimum Gasteiger partial charge on any atom is -0.264 e. The van der Waals surface area contributed by atoms with Crippen molar-refractivity contribution >= 4 is 27.5 Å². The Hall–Kier alpha value is -5.01. The number of rotatable bonds is 7. The first-order valence-electron chi connectivity index (χ1n) is 15.6. The second kappa shape index (κ2) is 13.5. The zero-order valence-electron chi connectivity index (χ0n) is 25.9. The zero-order valence-corrected chi connectivity index (χ0v) is 25.9. The van der Waals surface area contributed by atoms with Crippen molar-refractivity contribution in [3.8, 4) is 11.1 Å². The van der Waals surface area contributed by atoms with Gasteiger partial charge in [0.1, 0.15) is 0 Å². The molecule has 1 unspecified atom stereocenters. The monoisotopic (exact) mass is 569 g/mol. The van der Waals surface area contributed by atoms with Gasteiger partial charge in [0, 0.05) is 18.3 Å². The molecule has 1 aromatic heterocycles. The molecule has 4 aromatic carbocycles. The molecule has 0 aliphatic heterocycles. The zero-order chi connectivity index (χ0) is 30.3. The predicted octanol–water partition coefficient (Wildman–Crippen LogP) is 9.82. The van der Waals surface area contributed by atoms with Crippen LogP contribution in [0, 0.1) is 5.92 Å². The van der Waals surface area contributed by atoms with Crippen molar-refractivity contribution in [1.29, 1.82) is 0 Å². The van der Waals surface area contributed by atoms with Gasteiger partial charge in [-0.05, 0) is 98.5 Å². The normalized spacial score (nSPS) is 15.5. The lowest BCUT2D eigenvalue weighted by Gasteiger charge is -2.17. The van der Waals surface area contributed by atoms with Gasteiger partial charge < -0.3 is 0 Å². The third kappa shape index (κ3) is 6.05. The van der Waals surface area contributed by atoms with E-state index in [0.29, 0.717) is 0 Å². The Kier molecular flexibility index (Phi) is 8.94. The Morgan fingerprint density at radius 2 is 1.57 bits per heavy atom. The summed E-state index contributed by atoms with van der Waals surface area (Å²) in [5, 5.41) is 5.16. The molecule has 1 heteroatoms. The SMILES string of the molecule is C/C=C\C=C/C(C)/C(c1ccc(-c2cccnc2)cc1)=c1/cccc/c1=C(/C)c1cccc2c(C3=CC=CCC3)cccc12. The van der Waals surface area contributed by atoms with Gasteiger partial charge in [-0.25, -0.2) is 0 Å². The lowest BCUT2D eigenvalue weighted by Crippen LogP contribution is -2.30. The van der Waals surface area contributed by atoms with Crippen LogP contribution >= 0.6 is 0 Å². The van der Waals surface area contributed by atoms with E-state index in [0.717, 1.165) is 18.4 Å². The van der Waals surface area contributed by atoms with Crippen LogP contribution in [-0.4, -0.2) is 4.98 Å². The van der Waals surface area contributed by atoms with E-state index in [4.69, 9.17) is 0 Å². The number of hydrogen-bond donors (Lipinski definition) is 0. The average Bonchev–Trinajstić information content (AvgIpc) is 3.09. The summed E-state index contributed by atoms with van der Waals surface area (Å²) in [5.74, 6) is 0.204. The second-order valence-electron chi connectivity index (χ2n) is 11.5. The van der Waals surface area contributed by atoms with Gasteiger partial charge in [-0.15, -0.1) is 0 Å². The lowest BCUT2D eigenvalue weighted by atomic mass is 9.87. The van der Waals surface area contributed by atoms with E-state index in [-0.39, 0.29) is 5.92 Å². The number of pyridine rings is 1. The fraction of sp³-hybridized carbons (Fsp3) is 0.140. The highest BCUT2D eigenvalue weighted by molar-refractivity contribution is 6.00. The minimum atomic E-state index is 0.204. The summed E-state index contributed by atoms with van der Waals surface area (Å²) < 4.78 is 0. The van der Waals surface area contributed by atoms with Crippen molar-refractivity contribution in [2.24, 2.45) is 5.92 Å². The van der Waals surface area contributed by atoms with E-state index < -0.39 is 0 Å². The molecule has 0 spiro atoms. The third-order valence-corrected chi connectivity index (χ3v) is 8.66. The van der Waals surface area contributed by atoms with E-state index >= 15 is 0 Å².